The van der Waals surface area contributed by atoms with Crippen LogP contribution in [-0.2, 0) is 0 Å². The van der Waals surface area contributed by atoms with Gasteiger partial charge in [-0.2, -0.15) is 0 Å². The molecule has 0 saturated heterocycles. The van der Waals surface area contributed by atoms with E-state index in [2.05, 4.69) is 39.3 Å². The largest absolute Gasteiger partial charge is 0.312 e. The van der Waals surface area contributed by atoms with E-state index in [9.17, 15) is 0 Å². The summed E-state index contributed by atoms with van der Waals surface area (Å²) in [6, 6.07) is 8.43. The van der Waals surface area contributed by atoms with Gasteiger partial charge in [-0.05, 0) is 24.7 Å². The van der Waals surface area contributed by atoms with Gasteiger partial charge in [-0.3, -0.25) is 0 Å². The van der Waals surface area contributed by atoms with Crippen LogP contribution in [0, 0.1) is 12.3 Å². The van der Waals surface area contributed by atoms with E-state index in [1.54, 1.807) is 0 Å². The van der Waals surface area contributed by atoms with E-state index in [0.29, 0.717) is 6.42 Å². The van der Waals surface area contributed by atoms with Gasteiger partial charge in [-0.15, -0.1) is 12.3 Å². The van der Waals surface area contributed by atoms with E-state index in [4.69, 9.17) is 6.42 Å². The van der Waals surface area contributed by atoms with Gasteiger partial charge in [0.1, 0.15) is 0 Å². The molecule has 1 aromatic carbocycles. The van der Waals surface area contributed by atoms with Crippen LogP contribution in [0.15, 0.2) is 28.7 Å². The van der Waals surface area contributed by atoms with Gasteiger partial charge in [-0.25, -0.2) is 0 Å². The number of nitrogens with one attached hydrogen (secondary N) is 1. The molecule has 0 saturated carbocycles. The van der Waals surface area contributed by atoms with Crippen LogP contribution in [-0.4, -0.2) is 7.05 Å². The first-order valence-electron chi connectivity index (χ1n) is 4.14. The molecule has 0 amide bonds. The number of hydrogen-bond acceptors (Lipinski definition) is 1. The predicted octanol–water partition coefficient (Wildman–Crippen LogP) is 2.73. The van der Waals surface area contributed by atoms with Crippen molar-refractivity contribution < 1.29 is 0 Å². The van der Waals surface area contributed by atoms with Gasteiger partial charge in [0, 0.05) is 16.9 Å². The SMILES string of the molecule is C#CCC(NC)c1cccc(Br)c1. The van der Waals surface area contributed by atoms with Gasteiger partial charge in [0.15, 0.2) is 0 Å². The summed E-state index contributed by atoms with van der Waals surface area (Å²) in [5.41, 5.74) is 1.22. The van der Waals surface area contributed by atoms with Crippen molar-refractivity contribution in [1.29, 1.82) is 0 Å². The van der Waals surface area contributed by atoms with Crippen LogP contribution in [0.4, 0.5) is 0 Å². The first-order valence-corrected chi connectivity index (χ1v) is 4.93. The fourth-order valence-corrected chi connectivity index (χ4v) is 1.64. The third-order valence-electron chi connectivity index (χ3n) is 1.92. The maximum absolute atomic E-state index is 5.28. The molecule has 1 unspecified atom stereocenters. The van der Waals surface area contributed by atoms with Crippen molar-refractivity contribution in [3.05, 3.63) is 34.3 Å². The van der Waals surface area contributed by atoms with Crippen LogP contribution in [0.2, 0.25) is 0 Å². The van der Waals surface area contributed by atoms with Crippen LogP contribution in [0.1, 0.15) is 18.0 Å². The number of hydrogen-bond donors (Lipinski definition) is 1. The number of rotatable bonds is 3. The van der Waals surface area contributed by atoms with Gasteiger partial charge < -0.3 is 5.32 Å². The lowest BCUT2D eigenvalue weighted by Crippen LogP contribution is -2.15. The Morgan fingerprint density at radius 3 is 2.92 bits per heavy atom. The Hall–Kier alpha value is -0.780. The van der Waals surface area contributed by atoms with Gasteiger partial charge in [0.05, 0.1) is 0 Å². The molecule has 0 radical (unpaired) electrons. The van der Waals surface area contributed by atoms with E-state index in [0.717, 1.165) is 4.47 Å². The summed E-state index contributed by atoms with van der Waals surface area (Å²) in [7, 11) is 1.92. The molecule has 1 atom stereocenters. The number of halogens is 1. The zero-order chi connectivity index (χ0) is 9.68. The van der Waals surface area contributed by atoms with E-state index in [1.807, 2.05) is 19.2 Å². The summed E-state index contributed by atoms with van der Waals surface area (Å²) in [5, 5.41) is 3.18. The number of benzene rings is 1. The maximum atomic E-state index is 5.28. The predicted molar refractivity (Wildman–Crippen MR) is 59.4 cm³/mol. The second-order valence-corrected chi connectivity index (χ2v) is 3.72. The molecule has 1 nitrogen and oxygen atoms in total. The molecular weight excluding hydrogens is 226 g/mol. The van der Waals surface area contributed by atoms with E-state index in [-0.39, 0.29) is 6.04 Å². The molecular formula is C11H12BrN. The Kier molecular flexibility index (Phi) is 4.01. The van der Waals surface area contributed by atoms with Crippen molar-refractivity contribution in [2.75, 3.05) is 7.05 Å². The van der Waals surface area contributed by atoms with Crippen molar-refractivity contribution in [3.8, 4) is 12.3 Å². The molecule has 0 bridgehead atoms. The molecule has 0 fully saturated rings. The van der Waals surface area contributed by atoms with Crippen LogP contribution in [0.5, 0.6) is 0 Å². The first-order chi connectivity index (χ1) is 6.27. The van der Waals surface area contributed by atoms with E-state index in [1.165, 1.54) is 5.56 Å². The standard InChI is InChI=1S/C11H12BrN/c1-3-5-11(13-2)9-6-4-7-10(12)8-9/h1,4,6-8,11,13H,5H2,2H3. The normalized spacial score (nSPS) is 12.1. The minimum atomic E-state index is 0.252. The number of terminal acetylenes is 1. The average molecular weight is 238 g/mol. The summed E-state index contributed by atoms with van der Waals surface area (Å²) >= 11 is 3.43. The first kappa shape index (κ1) is 10.3. The summed E-state index contributed by atoms with van der Waals surface area (Å²) in [6.07, 6.45) is 5.99. The van der Waals surface area contributed by atoms with Gasteiger partial charge >= 0.3 is 0 Å². The molecule has 0 aromatic heterocycles. The Morgan fingerprint density at radius 2 is 2.38 bits per heavy atom. The third-order valence-corrected chi connectivity index (χ3v) is 2.41. The minimum absolute atomic E-state index is 0.252. The minimum Gasteiger partial charge on any atom is -0.312 e. The smallest absolute Gasteiger partial charge is 0.0428 e. The molecule has 1 aromatic rings. The van der Waals surface area contributed by atoms with E-state index < -0.39 is 0 Å². The fraction of sp³-hybridized carbons (Fsp3) is 0.273. The average Bonchev–Trinajstić information content (AvgIpc) is 2.14. The highest BCUT2D eigenvalue weighted by molar-refractivity contribution is 9.10. The Labute approximate surface area is 87.7 Å². The van der Waals surface area contributed by atoms with Gasteiger partial charge in [0.2, 0.25) is 0 Å². The zero-order valence-electron chi connectivity index (χ0n) is 7.55. The van der Waals surface area contributed by atoms with Crippen LogP contribution < -0.4 is 5.32 Å². The second-order valence-electron chi connectivity index (χ2n) is 2.80. The molecule has 13 heavy (non-hydrogen) atoms. The van der Waals surface area contributed by atoms with Crippen molar-refractivity contribution >= 4 is 15.9 Å². The monoisotopic (exact) mass is 237 g/mol. The Balaban J connectivity index is 2.86. The molecule has 0 aliphatic rings. The van der Waals surface area contributed by atoms with Crippen molar-refractivity contribution in [2.24, 2.45) is 0 Å². The highest BCUT2D eigenvalue weighted by Crippen LogP contribution is 2.19. The van der Waals surface area contributed by atoms with Crippen molar-refractivity contribution in [1.82, 2.24) is 5.32 Å². The molecule has 0 aliphatic carbocycles. The van der Waals surface area contributed by atoms with Crippen LogP contribution in [0.25, 0.3) is 0 Å². The van der Waals surface area contributed by atoms with E-state index >= 15 is 0 Å². The third kappa shape index (κ3) is 2.87. The zero-order valence-corrected chi connectivity index (χ0v) is 9.14. The van der Waals surface area contributed by atoms with Crippen LogP contribution in [0.3, 0.4) is 0 Å². The molecule has 0 aliphatic heterocycles. The summed E-state index contributed by atoms with van der Waals surface area (Å²) in [6.45, 7) is 0. The molecule has 1 N–H and O–H groups in total. The second kappa shape index (κ2) is 5.06. The lowest BCUT2D eigenvalue weighted by molar-refractivity contribution is 0.611. The van der Waals surface area contributed by atoms with Crippen molar-refractivity contribution in [3.63, 3.8) is 0 Å². The summed E-state index contributed by atoms with van der Waals surface area (Å²) < 4.78 is 1.09. The highest BCUT2D eigenvalue weighted by Gasteiger charge is 2.06. The van der Waals surface area contributed by atoms with Gasteiger partial charge in [-0.1, -0.05) is 28.1 Å². The van der Waals surface area contributed by atoms with Crippen LogP contribution >= 0.6 is 15.9 Å². The van der Waals surface area contributed by atoms with Gasteiger partial charge in [0.25, 0.3) is 0 Å². The lowest BCUT2D eigenvalue weighted by Gasteiger charge is -2.13. The molecule has 0 spiro atoms. The summed E-state index contributed by atoms with van der Waals surface area (Å²) in [4.78, 5) is 0. The fourth-order valence-electron chi connectivity index (χ4n) is 1.23. The summed E-state index contributed by atoms with van der Waals surface area (Å²) in [5.74, 6) is 2.66. The highest BCUT2D eigenvalue weighted by atomic mass is 79.9. The molecule has 1 rings (SSSR count). The quantitative estimate of drug-likeness (QED) is 0.798. The maximum Gasteiger partial charge on any atom is 0.0428 e. The van der Waals surface area contributed by atoms with Crippen molar-refractivity contribution in [2.45, 2.75) is 12.5 Å². The Bertz CT molecular complexity index is 314. The molecule has 0 heterocycles. The lowest BCUT2D eigenvalue weighted by atomic mass is 10.0. The molecule has 68 valence electrons. The Morgan fingerprint density at radius 1 is 1.62 bits per heavy atom. The topological polar surface area (TPSA) is 12.0 Å². The molecule has 2 heteroatoms.